The van der Waals surface area contributed by atoms with Crippen LogP contribution in [-0.4, -0.2) is 4.98 Å². The van der Waals surface area contributed by atoms with Gasteiger partial charge in [-0.2, -0.15) is 0 Å². The summed E-state index contributed by atoms with van der Waals surface area (Å²) in [7, 11) is 0. The average molecular weight is 290 g/mol. The predicted octanol–water partition coefficient (Wildman–Crippen LogP) is 4.50. The fourth-order valence-electron chi connectivity index (χ4n) is 2.02. The zero-order chi connectivity index (χ0) is 13.4. The van der Waals surface area contributed by atoms with Crippen LogP contribution in [0.2, 0.25) is 10.0 Å². The molecule has 94 valence electrons. The van der Waals surface area contributed by atoms with E-state index in [0.717, 1.165) is 11.3 Å². The second kappa shape index (κ2) is 4.72. The third-order valence-corrected chi connectivity index (χ3v) is 3.68. The summed E-state index contributed by atoms with van der Waals surface area (Å²) in [5, 5.41) is 1.34. The first-order valence-electron chi connectivity index (χ1n) is 5.72. The molecule has 0 aliphatic rings. The Hall–Kier alpha value is -1.77. The number of hydrogen-bond donors (Lipinski definition) is 1. The van der Waals surface area contributed by atoms with Crippen LogP contribution in [0.25, 0.3) is 22.2 Å². The summed E-state index contributed by atoms with van der Waals surface area (Å²) >= 11 is 11.9. The number of H-pyrrole nitrogens is 1. The van der Waals surface area contributed by atoms with Gasteiger partial charge in [-0.3, -0.25) is 4.79 Å². The molecule has 2 aromatic carbocycles. The van der Waals surface area contributed by atoms with Crippen molar-refractivity contribution in [3.05, 3.63) is 68.8 Å². The standard InChI is InChI=1S/C15H9Cl2NO/c16-11-6-10-14(7-12(11)17)18-13(8-15(10)19)9-4-2-1-3-5-9/h1-8H,(H,18,19). The van der Waals surface area contributed by atoms with Crippen LogP contribution in [0.5, 0.6) is 0 Å². The maximum absolute atomic E-state index is 12.1. The van der Waals surface area contributed by atoms with E-state index < -0.39 is 0 Å². The van der Waals surface area contributed by atoms with Gasteiger partial charge in [0.25, 0.3) is 0 Å². The van der Waals surface area contributed by atoms with Gasteiger partial charge in [0.2, 0.25) is 0 Å². The zero-order valence-electron chi connectivity index (χ0n) is 9.78. The molecule has 0 aliphatic carbocycles. The Labute approximate surface area is 119 Å². The third-order valence-electron chi connectivity index (χ3n) is 2.96. The zero-order valence-corrected chi connectivity index (χ0v) is 11.3. The second-order valence-electron chi connectivity index (χ2n) is 4.23. The summed E-state index contributed by atoms with van der Waals surface area (Å²) in [6, 6.07) is 14.5. The molecule has 0 aliphatic heterocycles. The van der Waals surface area contributed by atoms with Crippen molar-refractivity contribution < 1.29 is 0 Å². The molecule has 2 nitrogen and oxygen atoms in total. The quantitative estimate of drug-likeness (QED) is 0.703. The van der Waals surface area contributed by atoms with Crippen molar-refractivity contribution in [2.45, 2.75) is 0 Å². The predicted molar refractivity (Wildman–Crippen MR) is 80.0 cm³/mol. The van der Waals surface area contributed by atoms with Crippen molar-refractivity contribution in [3.63, 3.8) is 0 Å². The summed E-state index contributed by atoms with van der Waals surface area (Å²) in [6.45, 7) is 0. The lowest BCUT2D eigenvalue weighted by molar-refractivity contribution is 1.38. The third kappa shape index (κ3) is 2.25. The Balaban J connectivity index is 2.31. The fraction of sp³-hybridized carbons (Fsp3) is 0. The van der Waals surface area contributed by atoms with Crippen molar-refractivity contribution >= 4 is 34.1 Å². The highest BCUT2D eigenvalue weighted by molar-refractivity contribution is 6.42. The first kappa shape index (κ1) is 12.3. The van der Waals surface area contributed by atoms with Gasteiger partial charge in [-0.25, -0.2) is 0 Å². The SMILES string of the molecule is O=c1cc(-c2ccccc2)[nH]c2cc(Cl)c(Cl)cc12. The van der Waals surface area contributed by atoms with E-state index in [1.165, 1.54) is 0 Å². The van der Waals surface area contributed by atoms with E-state index in [1.807, 2.05) is 30.3 Å². The Morgan fingerprint density at radius 2 is 1.58 bits per heavy atom. The molecule has 0 radical (unpaired) electrons. The Bertz CT molecular complexity index is 809. The number of nitrogens with one attached hydrogen (secondary N) is 1. The molecule has 0 bridgehead atoms. The van der Waals surface area contributed by atoms with E-state index in [-0.39, 0.29) is 5.43 Å². The lowest BCUT2D eigenvalue weighted by Gasteiger charge is -2.05. The Morgan fingerprint density at radius 1 is 0.895 bits per heavy atom. The summed E-state index contributed by atoms with van der Waals surface area (Å²) in [4.78, 5) is 15.3. The Kier molecular flexibility index (Phi) is 3.05. The van der Waals surface area contributed by atoms with Crippen LogP contribution in [0.4, 0.5) is 0 Å². The topological polar surface area (TPSA) is 32.9 Å². The molecule has 0 saturated carbocycles. The van der Waals surface area contributed by atoms with Crippen LogP contribution in [-0.2, 0) is 0 Å². The smallest absolute Gasteiger partial charge is 0.190 e. The highest BCUT2D eigenvalue weighted by Gasteiger charge is 2.07. The number of rotatable bonds is 1. The number of benzene rings is 2. The number of fused-ring (bicyclic) bond motifs is 1. The number of hydrogen-bond acceptors (Lipinski definition) is 1. The monoisotopic (exact) mass is 289 g/mol. The van der Waals surface area contributed by atoms with E-state index in [4.69, 9.17) is 23.2 Å². The number of halogens is 2. The fourth-order valence-corrected chi connectivity index (χ4v) is 2.34. The molecular formula is C15H9Cl2NO. The highest BCUT2D eigenvalue weighted by atomic mass is 35.5. The molecule has 0 spiro atoms. The van der Waals surface area contributed by atoms with Gasteiger partial charge < -0.3 is 4.98 Å². The van der Waals surface area contributed by atoms with E-state index in [1.54, 1.807) is 18.2 Å². The molecule has 4 heteroatoms. The summed E-state index contributed by atoms with van der Waals surface area (Å²) in [5.74, 6) is 0. The van der Waals surface area contributed by atoms with Gasteiger partial charge in [0.05, 0.1) is 15.6 Å². The van der Waals surface area contributed by atoms with E-state index in [9.17, 15) is 4.79 Å². The number of aromatic amines is 1. The normalized spacial score (nSPS) is 10.8. The molecule has 0 fully saturated rings. The van der Waals surface area contributed by atoms with Gasteiger partial charge in [0, 0.05) is 17.1 Å². The molecule has 0 saturated heterocycles. The lowest BCUT2D eigenvalue weighted by Crippen LogP contribution is -2.03. The number of pyridine rings is 1. The Morgan fingerprint density at radius 3 is 2.32 bits per heavy atom. The molecule has 0 atom stereocenters. The maximum atomic E-state index is 12.1. The van der Waals surface area contributed by atoms with Gasteiger partial charge in [-0.05, 0) is 17.7 Å². The maximum Gasteiger partial charge on any atom is 0.190 e. The van der Waals surface area contributed by atoms with Crippen LogP contribution < -0.4 is 5.43 Å². The highest BCUT2D eigenvalue weighted by Crippen LogP contribution is 2.26. The van der Waals surface area contributed by atoms with Crippen LogP contribution in [0.1, 0.15) is 0 Å². The number of aromatic nitrogens is 1. The largest absolute Gasteiger partial charge is 0.354 e. The minimum absolute atomic E-state index is 0.0776. The molecule has 3 rings (SSSR count). The van der Waals surface area contributed by atoms with Crippen molar-refractivity contribution in [3.8, 4) is 11.3 Å². The molecule has 0 amide bonds. The summed E-state index contributed by atoms with van der Waals surface area (Å²) < 4.78 is 0. The summed E-state index contributed by atoms with van der Waals surface area (Å²) in [5.41, 5.74) is 2.32. The van der Waals surface area contributed by atoms with Crippen molar-refractivity contribution in [2.75, 3.05) is 0 Å². The molecule has 1 heterocycles. The van der Waals surface area contributed by atoms with Gasteiger partial charge >= 0.3 is 0 Å². The van der Waals surface area contributed by atoms with Crippen molar-refractivity contribution in [1.29, 1.82) is 0 Å². The molecule has 1 aromatic heterocycles. The summed E-state index contributed by atoms with van der Waals surface area (Å²) in [6.07, 6.45) is 0. The first-order valence-corrected chi connectivity index (χ1v) is 6.48. The van der Waals surface area contributed by atoms with Crippen molar-refractivity contribution in [1.82, 2.24) is 4.98 Å². The minimum atomic E-state index is -0.0776. The molecular weight excluding hydrogens is 281 g/mol. The van der Waals surface area contributed by atoms with Crippen molar-refractivity contribution in [2.24, 2.45) is 0 Å². The first-order chi connectivity index (χ1) is 9.15. The lowest BCUT2D eigenvalue weighted by atomic mass is 10.1. The van der Waals surface area contributed by atoms with Gasteiger partial charge in [-0.15, -0.1) is 0 Å². The van der Waals surface area contributed by atoms with Crippen LogP contribution in [0.15, 0.2) is 53.3 Å². The molecule has 3 aromatic rings. The minimum Gasteiger partial charge on any atom is -0.354 e. The molecule has 19 heavy (non-hydrogen) atoms. The van der Waals surface area contributed by atoms with Crippen LogP contribution in [0, 0.1) is 0 Å². The van der Waals surface area contributed by atoms with E-state index >= 15 is 0 Å². The molecule has 1 N–H and O–H groups in total. The van der Waals surface area contributed by atoms with E-state index in [0.29, 0.717) is 20.9 Å². The van der Waals surface area contributed by atoms with Gasteiger partial charge in [0.1, 0.15) is 0 Å². The van der Waals surface area contributed by atoms with Crippen LogP contribution >= 0.6 is 23.2 Å². The average Bonchev–Trinajstić information content (AvgIpc) is 2.42. The van der Waals surface area contributed by atoms with Crippen LogP contribution in [0.3, 0.4) is 0 Å². The molecule has 0 unspecified atom stereocenters. The second-order valence-corrected chi connectivity index (χ2v) is 5.04. The van der Waals surface area contributed by atoms with E-state index in [2.05, 4.69) is 4.98 Å². The van der Waals surface area contributed by atoms with Gasteiger partial charge in [-0.1, -0.05) is 53.5 Å². The van der Waals surface area contributed by atoms with Gasteiger partial charge in [0.15, 0.2) is 5.43 Å².